The van der Waals surface area contributed by atoms with Crippen molar-refractivity contribution in [1.29, 1.82) is 0 Å². The second-order valence-electron chi connectivity index (χ2n) is 2.04. The van der Waals surface area contributed by atoms with Crippen molar-refractivity contribution in [2.45, 2.75) is 19.5 Å². The van der Waals surface area contributed by atoms with E-state index in [0.717, 1.165) is 12.8 Å². The highest BCUT2D eigenvalue weighted by molar-refractivity contribution is 4.71. The van der Waals surface area contributed by atoms with Crippen LogP contribution in [0.3, 0.4) is 0 Å². The molecule has 48 valence electrons. The minimum Gasteiger partial charge on any atom is -0.323 e. The van der Waals surface area contributed by atoms with Gasteiger partial charge in [0.1, 0.15) is 0 Å². The molecule has 3 heteroatoms. The average Bonchev–Trinajstić information content (AvgIpc) is 2.41. The molecular weight excluding hydrogens is 114 g/mol. The Hall–Kier alpha value is -0.180. The van der Waals surface area contributed by atoms with Gasteiger partial charge in [0, 0.05) is 0 Å². The molecule has 1 nitrogen and oxygen atoms in total. The van der Waals surface area contributed by atoms with Gasteiger partial charge in [-0.15, -0.1) is 0 Å². The quantitative estimate of drug-likeness (QED) is 0.552. The highest BCUT2D eigenvalue weighted by atomic mass is 19.3. The van der Waals surface area contributed by atoms with Gasteiger partial charge in [-0.1, -0.05) is 0 Å². The predicted molar refractivity (Wildman–Crippen MR) is 24.7 cm³/mol. The van der Waals surface area contributed by atoms with E-state index in [9.17, 15) is 8.78 Å². The summed E-state index contributed by atoms with van der Waals surface area (Å²) in [5, 5.41) is 0. The first-order valence-corrected chi connectivity index (χ1v) is 2.69. The molecule has 0 radical (unpaired) electrons. The minimum absolute atomic E-state index is 0.248. The molecule has 0 aromatic heterocycles. The Labute approximate surface area is 46.6 Å². The molecule has 1 saturated carbocycles. The molecule has 0 unspecified atom stereocenters. The molecular formula is C5H8F2O. The van der Waals surface area contributed by atoms with Gasteiger partial charge in [-0.25, -0.2) is 0 Å². The molecule has 1 rings (SSSR count). The third-order valence-electron chi connectivity index (χ3n) is 1.15. The lowest BCUT2D eigenvalue weighted by Crippen LogP contribution is -2.01. The zero-order valence-corrected chi connectivity index (χ0v) is 4.44. The average molecular weight is 122 g/mol. The number of halogens is 2. The van der Waals surface area contributed by atoms with Crippen LogP contribution in [0.15, 0.2) is 0 Å². The van der Waals surface area contributed by atoms with Crippen molar-refractivity contribution in [2.75, 3.05) is 6.61 Å². The largest absolute Gasteiger partial charge is 0.345 e. The first-order chi connectivity index (χ1) is 3.79. The SMILES string of the molecule is FC(F)OCC1CC1. The smallest absolute Gasteiger partial charge is 0.323 e. The molecule has 0 amide bonds. The van der Waals surface area contributed by atoms with Crippen LogP contribution in [0.2, 0.25) is 0 Å². The van der Waals surface area contributed by atoms with Gasteiger partial charge < -0.3 is 4.74 Å². The van der Waals surface area contributed by atoms with Crippen molar-refractivity contribution in [2.24, 2.45) is 5.92 Å². The first-order valence-electron chi connectivity index (χ1n) is 2.69. The Kier molecular flexibility index (Phi) is 1.78. The van der Waals surface area contributed by atoms with E-state index >= 15 is 0 Å². The van der Waals surface area contributed by atoms with Crippen LogP contribution in [0.4, 0.5) is 8.78 Å². The zero-order chi connectivity index (χ0) is 5.98. The van der Waals surface area contributed by atoms with E-state index in [0.29, 0.717) is 5.92 Å². The van der Waals surface area contributed by atoms with Crippen LogP contribution >= 0.6 is 0 Å². The minimum atomic E-state index is -2.57. The summed E-state index contributed by atoms with van der Waals surface area (Å²) < 4.78 is 26.4. The molecule has 1 aliphatic rings. The van der Waals surface area contributed by atoms with Gasteiger partial charge in [0.25, 0.3) is 0 Å². The summed E-state index contributed by atoms with van der Waals surface area (Å²) in [5.74, 6) is 0.434. The Balaban J connectivity index is 1.87. The van der Waals surface area contributed by atoms with Crippen molar-refractivity contribution in [3.05, 3.63) is 0 Å². The predicted octanol–water partition coefficient (Wildman–Crippen LogP) is 1.64. The van der Waals surface area contributed by atoms with Gasteiger partial charge in [-0.05, 0) is 18.8 Å². The number of alkyl halides is 2. The lowest BCUT2D eigenvalue weighted by atomic mass is 10.5. The molecule has 0 bridgehead atoms. The Morgan fingerprint density at radius 3 is 2.50 bits per heavy atom. The van der Waals surface area contributed by atoms with Crippen molar-refractivity contribution in [3.63, 3.8) is 0 Å². The lowest BCUT2D eigenvalue weighted by Gasteiger charge is -1.97. The van der Waals surface area contributed by atoms with Crippen LogP contribution in [-0.4, -0.2) is 13.2 Å². The maximum absolute atomic E-state index is 11.2. The van der Waals surface area contributed by atoms with Crippen LogP contribution in [0.1, 0.15) is 12.8 Å². The van der Waals surface area contributed by atoms with E-state index in [1.807, 2.05) is 0 Å². The third-order valence-corrected chi connectivity index (χ3v) is 1.15. The molecule has 1 fully saturated rings. The molecule has 0 aliphatic heterocycles. The topological polar surface area (TPSA) is 9.23 Å². The van der Waals surface area contributed by atoms with E-state index in [2.05, 4.69) is 4.74 Å². The van der Waals surface area contributed by atoms with Crippen LogP contribution in [0, 0.1) is 5.92 Å². The summed E-state index contributed by atoms with van der Waals surface area (Å²) in [5.41, 5.74) is 0. The Morgan fingerprint density at radius 2 is 2.12 bits per heavy atom. The van der Waals surface area contributed by atoms with Crippen molar-refractivity contribution in [3.8, 4) is 0 Å². The van der Waals surface area contributed by atoms with E-state index in [1.165, 1.54) is 0 Å². The summed E-state index contributed by atoms with van der Waals surface area (Å²) in [4.78, 5) is 0. The van der Waals surface area contributed by atoms with Gasteiger partial charge in [0.05, 0.1) is 6.61 Å². The number of hydrogen-bond acceptors (Lipinski definition) is 1. The van der Waals surface area contributed by atoms with Crippen molar-refractivity contribution >= 4 is 0 Å². The van der Waals surface area contributed by atoms with Crippen LogP contribution in [0.5, 0.6) is 0 Å². The molecule has 0 atom stereocenters. The van der Waals surface area contributed by atoms with E-state index in [1.54, 1.807) is 0 Å². The Bertz CT molecular complexity index is 68.8. The van der Waals surface area contributed by atoms with Crippen molar-refractivity contribution in [1.82, 2.24) is 0 Å². The van der Waals surface area contributed by atoms with Crippen LogP contribution in [0.25, 0.3) is 0 Å². The molecule has 0 aromatic carbocycles. The van der Waals surface area contributed by atoms with E-state index in [-0.39, 0.29) is 6.61 Å². The summed E-state index contributed by atoms with van der Waals surface area (Å²) in [6.07, 6.45) is 2.12. The fraction of sp³-hybridized carbons (Fsp3) is 1.00. The molecule has 0 spiro atoms. The second kappa shape index (κ2) is 2.40. The molecule has 0 aromatic rings. The Morgan fingerprint density at radius 1 is 1.50 bits per heavy atom. The lowest BCUT2D eigenvalue weighted by molar-refractivity contribution is -0.131. The second-order valence-corrected chi connectivity index (χ2v) is 2.04. The highest BCUT2D eigenvalue weighted by Gasteiger charge is 2.22. The van der Waals surface area contributed by atoms with Crippen LogP contribution < -0.4 is 0 Å². The highest BCUT2D eigenvalue weighted by Crippen LogP contribution is 2.29. The number of hydrogen-bond donors (Lipinski definition) is 0. The van der Waals surface area contributed by atoms with Gasteiger partial charge >= 0.3 is 6.61 Å². The number of rotatable bonds is 3. The van der Waals surface area contributed by atoms with Crippen LogP contribution in [-0.2, 0) is 4.74 Å². The zero-order valence-electron chi connectivity index (χ0n) is 4.44. The van der Waals surface area contributed by atoms with Gasteiger partial charge in [0.2, 0.25) is 0 Å². The first kappa shape index (κ1) is 5.95. The fourth-order valence-corrected chi connectivity index (χ4v) is 0.493. The summed E-state index contributed by atoms with van der Waals surface area (Å²) in [6, 6.07) is 0. The van der Waals surface area contributed by atoms with Crippen molar-refractivity contribution < 1.29 is 13.5 Å². The van der Waals surface area contributed by atoms with Gasteiger partial charge in [0.15, 0.2) is 0 Å². The summed E-state index contributed by atoms with van der Waals surface area (Å²) in [7, 11) is 0. The molecule has 0 saturated heterocycles. The monoisotopic (exact) mass is 122 g/mol. The molecule has 0 heterocycles. The normalized spacial score (nSPS) is 19.9. The molecule has 1 aliphatic carbocycles. The third kappa shape index (κ3) is 2.21. The van der Waals surface area contributed by atoms with E-state index < -0.39 is 6.61 Å². The van der Waals surface area contributed by atoms with Gasteiger partial charge in [-0.2, -0.15) is 8.78 Å². The maximum atomic E-state index is 11.2. The maximum Gasteiger partial charge on any atom is 0.345 e. The van der Waals surface area contributed by atoms with Gasteiger partial charge in [-0.3, -0.25) is 0 Å². The summed E-state index contributed by atoms with van der Waals surface area (Å²) in [6.45, 7) is -2.33. The molecule has 0 N–H and O–H groups in total. The number of ether oxygens (including phenoxy) is 1. The fourth-order valence-electron chi connectivity index (χ4n) is 0.493. The molecule has 8 heavy (non-hydrogen) atoms. The standard InChI is InChI=1S/C5H8F2O/c6-5(7)8-3-4-1-2-4/h4-5H,1-3H2. The summed E-state index contributed by atoms with van der Waals surface area (Å²) >= 11 is 0. The van der Waals surface area contributed by atoms with E-state index in [4.69, 9.17) is 0 Å².